The molecule has 1 aromatic rings. The number of methoxy groups -OCH3 is 1. The number of nitrogens with zero attached hydrogens (tertiary/aromatic N) is 2. The Morgan fingerprint density at radius 2 is 2.11 bits per heavy atom. The van der Waals surface area contributed by atoms with Gasteiger partial charge in [-0.1, -0.05) is 5.16 Å². The molecule has 0 heterocycles. The molecule has 1 aromatic carbocycles. The van der Waals surface area contributed by atoms with Gasteiger partial charge in [-0.3, -0.25) is 0 Å². The number of oxime groups is 1. The van der Waals surface area contributed by atoms with Gasteiger partial charge in [-0.2, -0.15) is 13.2 Å². The Hall–Kier alpha value is -2.12. The van der Waals surface area contributed by atoms with E-state index in [1.165, 1.54) is 32.4 Å². The Morgan fingerprint density at radius 3 is 2.58 bits per heavy atom. The lowest BCUT2D eigenvalue weighted by molar-refractivity contribution is -0.119. The molecule has 0 amide bonds. The summed E-state index contributed by atoms with van der Waals surface area (Å²) in [6.45, 7) is -1.16. The fraction of sp³-hybridized carbons (Fsp3) is 0.364. The van der Waals surface area contributed by atoms with Gasteiger partial charge in [0.15, 0.2) is 5.84 Å². The summed E-state index contributed by atoms with van der Waals surface area (Å²) in [7, 11) is 2.66. The number of ether oxygens (including phenoxy) is 1. The van der Waals surface area contributed by atoms with Crippen molar-refractivity contribution in [1.82, 2.24) is 0 Å². The normalized spacial score (nSPS) is 12.4. The lowest BCUT2D eigenvalue weighted by atomic mass is 10.1. The third kappa shape index (κ3) is 3.94. The lowest BCUT2D eigenvalue weighted by Crippen LogP contribution is -2.32. The van der Waals surface area contributed by atoms with Gasteiger partial charge in [-0.05, 0) is 12.1 Å². The maximum Gasteiger partial charge on any atom is 0.405 e. The summed E-state index contributed by atoms with van der Waals surface area (Å²) in [6, 6.07) is 4.33. The van der Waals surface area contributed by atoms with E-state index in [1.54, 1.807) is 0 Å². The molecule has 8 heteroatoms. The van der Waals surface area contributed by atoms with E-state index in [-0.39, 0.29) is 17.1 Å². The standard InChI is InChI=1S/C11H14F3N3O2/c1-17(6-11(12,13)14)9-5-7(19-2)3-4-8(9)10(15)16-18/h3-5,18H,6H2,1-2H3,(H2,15,16). The maximum absolute atomic E-state index is 12.4. The minimum Gasteiger partial charge on any atom is -0.497 e. The summed E-state index contributed by atoms with van der Waals surface area (Å²) in [5, 5.41) is 11.4. The second-order valence-corrected chi connectivity index (χ2v) is 3.84. The summed E-state index contributed by atoms with van der Waals surface area (Å²) in [5.74, 6) is 0.102. The molecule has 0 aliphatic carbocycles. The van der Waals surface area contributed by atoms with Gasteiger partial charge in [-0.15, -0.1) is 0 Å². The van der Waals surface area contributed by atoms with Crippen molar-refractivity contribution in [3.63, 3.8) is 0 Å². The lowest BCUT2D eigenvalue weighted by Gasteiger charge is -2.23. The van der Waals surface area contributed by atoms with Crippen LogP contribution < -0.4 is 15.4 Å². The highest BCUT2D eigenvalue weighted by molar-refractivity contribution is 6.02. The summed E-state index contributed by atoms with van der Waals surface area (Å²) in [5.41, 5.74) is 5.79. The highest BCUT2D eigenvalue weighted by atomic mass is 19.4. The summed E-state index contributed by atoms with van der Waals surface area (Å²) >= 11 is 0. The van der Waals surface area contributed by atoms with Gasteiger partial charge in [-0.25, -0.2) is 0 Å². The van der Waals surface area contributed by atoms with Crippen molar-refractivity contribution in [2.45, 2.75) is 6.18 Å². The Labute approximate surface area is 108 Å². The number of hydrogen-bond donors (Lipinski definition) is 2. The summed E-state index contributed by atoms with van der Waals surface area (Å²) < 4.78 is 42.2. The third-order valence-corrected chi connectivity index (χ3v) is 2.42. The van der Waals surface area contributed by atoms with Crippen LogP contribution in [0.4, 0.5) is 18.9 Å². The predicted molar refractivity (Wildman–Crippen MR) is 64.8 cm³/mol. The van der Waals surface area contributed by atoms with Crippen LogP contribution in [0.1, 0.15) is 5.56 Å². The Balaban J connectivity index is 3.21. The molecule has 5 nitrogen and oxygen atoms in total. The zero-order valence-corrected chi connectivity index (χ0v) is 10.4. The van der Waals surface area contributed by atoms with Crippen LogP contribution in [0.3, 0.4) is 0 Å². The first kappa shape index (κ1) is 14.9. The number of halogens is 3. The SMILES string of the molecule is COc1ccc(/C(N)=N/O)c(N(C)CC(F)(F)F)c1. The van der Waals surface area contributed by atoms with Crippen LogP contribution in [0.5, 0.6) is 5.75 Å². The molecule has 0 saturated heterocycles. The maximum atomic E-state index is 12.4. The number of rotatable bonds is 4. The van der Waals surface area contributed by atoms with Crippen molar-refractivity contribution in [1.29, 1.82) is 0 Å². The van der Waals surface area contributed by atoms with E-state index in [1.807, 2.05) is 0 Å². The van der Waals surface area contributed by atoms with Gasteiger partial charge < -0.3 is 20.6 Å². The van der Waals surface area contributed by atoms with Crippen LogP contribution in [0.15, 0.2) is 23.4 Å². The molecule has 0 radical (unpaired) electrons. The molecule has 1 rings (SSSR count). The molecule has 0 atom stereocenters. The second-order valence-electron chi connectivity index (χ2n) is 3.84. The minimum absolute atomic E-state index is 0.159. The number of nitrogens with two attached hydrogens (primary N) is 1. The fourth-order valence-corrected chi connectivity index (χ4v) is 1.58. The predicted octanol–water partition coefficient (Wildman–Crippen LogP) is 1.79. The average Bonchev–Trinajstić information content (AvgIpc) is 2.35. The molecule has 0 aliphatic heterocycles. The number of amidine groups is 1. The molecule has 0 unspecified atom stereocenters. The molecule has 19 heavy (non-hydrogen) atoms. The van der Waals surface area contributed by atoms with Crippen LogP contribution in [-0.2, 0) is 0 Å². The van der Waals surface area contributed by atoms with E-state index in [4.69, 9.17) is 15.7 Å². The first-order valence-electron chi connectivity index (χ1n) is 5.22. The van der Waals surface area contributed by atoms with Crippen LogP contribution in [0.2, 0.25) is 0 Å². The Bertz CT molecular complexity index is 475. The zero-order valence-electron chi connectivity index (χ0n) is 10.4. The molecule has 3 N–H and O–H groups in total. The van der Waals surface area contributed by atoms with Gasteiger partial charge in [0.1, 0.15) is 12.3 Å². The molecule has 0 aliphatic rings. The summed E-state index contributed by atoms with van der Waals surface area (Å²) in [6.07, 6.45) is -4.36. The van der Waals surface area contributed by atoms with Gasteiger partial charge >= 0.3 is 6.18 Å². The molecule has 0 bridgehead atoms. The Morgan fingerprint density at radius 1 is 1.47 bits per heavy atom. The van der Waals surface area contributed by atoms with Crippen molar-refractivity contribution in [3.8, 4) is 5.75 Å². The van der Waals surface area contributed by atoms with Crippen molar-refractivity contribution < 1.29 is 23.1 Å². The average molecular weight is 277 g/mol. The molecule has 0 fully saturated rings. The Kier molecular flexibility index (Phi) is 4.47. The third-order valence-electron chi connectivity index (χ3n) is 2.42. The van der Waals surface area contributed by atoms with Crippen LogP contribution in [0, 0.1) is 0 Å². The van der Waals surface area contributed by atoms with E-state index in [2.05, 4.69) is 5.16 Å². The van der Waals surface area contributed by atoms with Crippen LogP contribution in [-0.4, -0.2) is 37.9 Å². The van der Waals surface area contributed by atoms with Crippen molar-refractivity contribution in [3.05, 3.63) is 23.8 Å². The second kappa shape index (κ2) is 5.68. The van der Waals surface area contributed by atoms with E-state index in [9.17, 15) is 13.2 Å². The van der Waals surface area contributed by atoms with E-state index < -0.39 is 12.7 Å². The largest absolute Gasteiger partial charge is 0.497 e. The molecule has 0 saturated carbocycles. The van der Waals surface area contributed by atoms with Gasteiger partial charge in [0.05, 0.1) is 12.8 Å². The smallest absolute Gasteiger partial charge is 0.405 e. The van der Waals surface area contributed by atoms with Crippen molar-refractivity contribution >= 4 is 11.5 Å². The zero-order chi connectivity index (χ0) is 14.6. The number of hydrogen-bond acceptors (Lipinski definition) is 4. The fourth-order valence-electron chi connectivity index (χ4n) is 1.58. The van der Waals surface area contributed by atoms with E-state index in [0.717, 1.165) is 4.90 Å². The topological polar surface area (TPSA) is 71.1 Å². The minimum atomic E-state index is -4.36. The highest BCUT2D eigenvalue weighted by Crippen LogP contribution is 2.28. The first-order chi connectivity index (χ1) is 8.78. The highest BCUT2D eigenvalue weighted by Gasteiger charge is 2.30. The molecule has 0 aromatic heterocycles. The number of anilines is 1. The molecule has 106 valence electrons. The number of alkyl halides is 3. The molecule has 0 spiro atoms. The van der Waals surface area contributed by atoms with Gasteiger partial charge in [0.25, 0.3) is 0 Å². The van der Waals surface area contributed by atoms with Crippen LogP contribution >= 0.6 is 0 Å². The van der Waals surface area contributed by atoms with Crippen molar-refractivity contribution in [2.75, 3.05) is 25.6 Å². The molecular formula is C11H14F3N3O2. The van der Waals surface area contributed by atoms with Gasteiger partial charge in [0, 0.05) is 18.7 Å². The van der Waals surface area contributed by atoms with E-state index >= 15 is 0 Å². The van der Waals surface area contributed by atoms with Crippen molar-refractivity contribution in [2.24, 2.45) is 10.9 Å². The quantitative estimate of drug-likeness (QED) is 0.381. The van der Waals surface area contributed by atoms with E-state index in [0.29, 0.717) is 5.75 Å². The molecular weight excluding hydrogens is 263 g/mol. The number of benzene rings is 1. The van der Waals surface area contributed by atoms with Gasteiger partial charge in [0.2, 0.25) is 0 Å². The first-order valence-corrected chi connectivity index (χ1v) is 5.22. The monoisotopic (exact) mass is 277 g/mol. The summed E-state index contributed by atoms with van der Waals surface area (Å²) in [4.78, 5) is 0.954. The van der Waals surface area contributed by atoms with Crippen LogP contribution in [0.25, 0.3) is 0 Å².